The lowest BCUT2D eigenvalue weighted by Crippen LogP contribution is -2.53. The molecule has 0 radical (unpaired) electrons. The summed E-state index contributed by atoms with van der Waals surface area (Å²) in [4.78, 5) is 0. The van der Waals surface area contributed by atoms with Crippen LogP contribution in [0.25, 0.3) is 0 Å². The van der Waals surface area contributed by atoms with Crippen LogP contribution in [-0.2, 0) is 0 Å². The molecule has 0 aliphatic heterocycles. The molecule has 23 heavy (non-hydrogen) atoms. The van der Waals surface area contributed by atoms with Crippen molar-refractivity contribution >= 4 is 0 Å². The monoisotopic (exact) mass is 316 g/mol. The predicted molar refractivity (Wildman–Crippen MR) is 99.3 cm³/mol. The summed E-state index contributed by atoms with van der Waals surface area (Å²) in [6, 6.07) is 0. The molecule has 4 rings (SSSR count). The van der Waals surface area contributed by atoms with Gasteiger partial charge in [-0.25, -0.2) is 0 Å². The molecule has 0 saturated heterocycles. The molecular weight excluding hydrogens is 276 g/mol. The average Bonchev–Trinajstić information content (AvgIpc) is 2.84. The van der Waals surface area contributed by atoms with E-state index in [1.54, 1.807) is 38.5 Å². The van der Waals surface area contributed by atoms with Crippen molar-refractivity contribution in [3.63, 3.8) is 0 Å². The van der Waals surface area contributed by atoms with Crippen molar-refractivity contribution in [1.82, 2.24) is 0 Å². The highest BCUT2D eigenvalue weighted by Crippen LogP contribution is 2.69. The molecule has 132 valence electrons. The highest BCUT2D eigenvalue weighted by Gasteiger charge is 2.60. The van der Waals surface area contributed by atoms with E-state index in [0.717, 1.165) is 29.6 Å². The topological polar surface area (TPSA) is 0 Å². The van der Waals surface area contributed by atoms with Gasteiger partial charge in [-0.3, -0.25) is 0 Å². The van der Waals surface area contributed by atoms with Crippen molar-refractivity contribution in [3.05, 3.63) is 0 Å². The first-order chi connectivity index (χ1) is 10.8. The molecular formula is C23H40. The van der Waals surface area contributed by atoms with Gasteiger partial charge < -0.3 is 0 Å². The SMILES string of the molecule is CC(C)(C)[C@H]1CC[C@H]2[C@@H]3CC[C@H]4CCCC[C@]4(C)[C@H]3CC[C@]12C. The quantitative estimate of drug-likeness (QED) is 0.448. The van der Waals surface area contributed by atoms with E-state index in [1.807, 2.05) is 0 Å². The van der Waals surface area contributed by atoms with Gasteiger partial charge in [-0.1, -0.05) is 47.5 Å². The molecule has 0 aromatic heterocycles. The maximum Gasteiger partial charge on any atom is -0.0261 e. The maximum atomic E-state index is 2.71. The van der Waals surface area contributed by atoms with Crippen molar-refractivity contribution < 1.29 is 0 Å². The Kier molecular flexibility index (Phi) is 3.76. The Labute approximate surface area is 145 Å². The lowest BCUT2D eigenvalue weighted by atomic mass is 9.44. The Bertz CT molecular complexity index is 457. The summed E-state index contributed by atoms with van der Waals surface area (Å²) >= 11 is 0. The minimum atomic E-state index is 0.502. The van der Waals surface area contributed by atoms with Crippen LogP contribution in [0.4, 0.5) is 0 Å². The maximum absolute atomic E-state index is 2.71. The summed E-state index contributed by atoms with van der Waals surface area (Å²) in [6.45, 7) is 12.9. The largest absolute Gasteiger partial charge is 0.0599 e. The van der Waals surface area contributed by atoms with Crippen molar-refractivity contribution in [2.75, 3.05) is 0 Å². The van der Waals surface area contributed by atoms with Crippen molar-refractivity contribution in [2.45, 2.75) is 98.8 Å². The molecule has 0 bridgehead atoms. The van der Waals surface area contributed by atoms with E-state index in [0.29, 0.717) is 16.2 Å². The Balaban J connectivity index is 1.63. The first-order valence-corrected chi connectivity index (χ1v) is 10.8. The highest BCUT2D eigenvalue weighted by atomic mass is 14.7. The van der Waals surface area contributed by atoms with Gasteiger partial charge in [-0.2, -0.15) is 0 Å². The van der Waals surface area contributed by atoms with Gasteiger partial charge in [0.25, 0.3) is 0 Å². The minimum absolute atomic E-state index is 0.502. The third-order valence-electron chi connectivity index (χ3n) is 9.63. The van der Waals surface area contributed by atoms with Crippen LogP contribution >= 0.6 is 0 Å². The van der Waals surface area contributed by atoms with Gasteiger partial charge >= 0.3 is 0 Å². The van der Waals surface area contributed by atoms with Gasteiger partial charge in [0.05, 0.1) is 0 Å². The molecule has 0 heteroatoms. The number of hydrogen-bond acceptors (Lipinski definition) is 0. The molecule has 0 amide bonds. The van der Waals surface area contributed by atoms with Gasteiger partial charge in [0.15, 0.2) is 0 Å². The van der Waals surface area contributed by atoms with Gasteiger partial charge in [-0.15, -0.1) is 0 Å². The van der Waals surface area contributed by atoms with Gasteiger partial charge in [0.1, 0.15) is 0 Å². The first-order valence-electron chi connectivity index (χ1n) is 10.8. The van der Waals surface area contributed by atoms with Crippen LogP contribution in [0, 0.1) is 45.8 Å². The lowest BCUT2D eigenvalue weighted by Gasteiger charge is -2.61. The Morgan fingerprint density at radius 3 is 2.17 bits per heavy atom. The van der Waals surface area contributed by atoms with Crippen molar-refractivity contribution in [2.24, 2.45) is 45.8 Å². The normalized spacial score (nSPS) is 53.3. The zero-order chi connectivity index (χ0) is 16.5. The molecule has 0 aromatic carbocycles. The number of rotatable bonds is 0. The molecule has 0 nitrogen and oxygen atoms in total. The van der Waals surface area contributed by atoms with Gasteiger partial charge in [0.2, 0.25) is 0 Å². The van der Waals surface area contributed by atoms with Crippen LogP contribution < -0.4 is 0 Å². The second kappa shape index (κ2) is 5.25. The fourth-order valence-electron chi connectivity index (χ4n) is 8.72. The molecule has 4 aliphatic carbocycles. The molecule has 0 heterocycles. The van der Waals surface area contributed by atoms with Crippen LogP contribution in [-0.4, -0.2) is 0 Å². The fraction of sp³-hybridized carbons (Fsp3) is 1.00. The molecule has 0 spiro atoms. The first kappa shape index (κ1) is 16.5. The lowest BCUT2D eigenvalue weighted by molar-refractivity contribution is -0.118. The van der Waals surface area contributed by atoms with E-state index in [-0.39, 0.29) is 0 Å². The third kappa shape index (κ3) is 2.29. The second-order valence-corrected chi connectivity index (χ2v) is 11.4. The summed E-state index contributed by atoms with van der Waals surface area (Å²) < 4.78 is 0. The van der Waals surface area contributed by atoms with E-state index in [1.165, 1.54) is 25.7 Å². The molecule has 0 aromatic rings. The Hall–Kier alpha value is 0. The minimum Gasteiger partial charge on any atom is -0.0599 e. The van der Waals surface area contributed by atoms with Crippen LogP contribution in [0.1, 0.15) is 98.8 Å². The smallest absolute Gasteiger partial charge is 0.0261 e. The van der Waals surface area contributed by atoms with E-state index in [2.05, 4.69) is 34.6 Å². The van der Waals surface area contributed by atoms with Crippen LogP contribution in [0.15, 0.2) is 0 Å². The molecule has 0 N–H and O–H groups in total. The highest BCUT2D eigenvalue weighted by molar-refractivity contribution is 5.10. The van der Waals surface area contributed by atoms with E-state index in [9.17, 15) is 0 Å². The summed E-state index contributed by atoms with van der Waals surface area (Å²) in [5, 5.41) is 0. The average molecular weight is 317 g/mol. The summed E-state index contributed by atoms with van der Waals surface area (Å²) in [7, 11) is 0. The van der Waals surface area contributed by atoms with Gasteiger partial charge in [-0.05, 0) is 97.2 Å². The standard InChI is InChI=1S/C23H40/c1-21(2,3)20-12-11-18-17-10-9-16-8-6-7-14-22(16,4)19(17)13-15-23(18,20)5/h16-20H,6-15H2,1-5H3/t16-,17+,18+,19+,20-,22+,23+/m1/s1. The second-order valence-electron chi connectivity index (χ2n) is 11.4. The summed E-state index contributed by atoms with van der Waals surface area (Å²) in [6.07, 6.45) is 15.4. The predicted octanol–water partition coefficient (Wildman–Crippen LogP) is 7.08. The van der Waals surface area contributed by atoms with Crippen molar-refractivity contribution in [3.8, 4) is 0 Å². The number of fused-ring (bicyclic) bond motifs is 5. The zero-order valence-corrected chi connectivity index (χ0v) is 16.5. The zero-order valence-electron chi connectivity index (χ0n) is 16.5. The van der Waals surface area contributed by atoms with E-state index < -0.39 is 0 Å². The molecule has 4 fully saturated rings. The van der Waals surface area contributed by atoms with Crippen LogP contribution in [0.3, 0.4) is 0 Å². The Morgan fingerprint density at radius 1 is 0.696 bits per heavy atom. The molecule has 7 atom stereocenters. The van der Waals surface area contributed by atoms with Gasteiger partial charge in [0, 0.05) is 0 Å². The summed E-state index contributed by atoms with van der Waals surface area (Å²) in [5.74, 6) is 5.21. The van der Waals surface area contributed by atoms with Crippen molar-refractivity contribution in [1.29, 1.82) is 0 Å². The summed E-state index contributed by atoms with van der Waals surface area (Å²) in [5.41, 5.74) is 1.86. The van der Waals surface area contributed by atoms with E-state index >= 15 is 0 Å². The fourth-order valence-corrected chi connectivity index (χ4v) is 8.72. The van der Waals surface area contributed by atoms with E-state index in [4.69, 9.17) is 0 Å². The van der Waals surface area contributed by atoms with Crippen LogP contribution in [0.2, 0.25) is 0 Å². The molecule has 4 aliphatic rings. The molecule has 0 unspecified atom stereocenters. The Morgan fingerprint density at radius 2 is 1.43 bits per heavy atom. The number of hydrogen-bond donors (Lipinski definition) is 0. The van der Waals surface area contributed by atoms with Crippen LogP contribution in [0.5, 0.6) is 0 Å². The molecule has 4 saturated carbocycles. The third-order valence-corrected chi connectivity index (χ3v) is 9.63.